The van der Waals surface area contributed by atoms with Crippen LogP contribution in [0.2, 0.25) is 0 Å². The minimum atomic E-state index is -0.0387. The van der Waals surface area contributed by atoms with Crippen molar-refractivity contribution < 1.29 is 14.3 Å². The predicted octanol–water partition coefficient (Wildman–Crippen LogP) is 4.61. The van der Waals surface area contributed by atoms with Gasteiger partial charge in [-0.15, -0.1) is 11.3 Å². The summed E-state index contributed by atoms with van der Waals surface area (Å²) in [5, 5.41) is 2.02. The number of thiophene rings is 1. The molecule has 2 aromatic carbocycles. The van der Waals surface area contributed by atoms with Crippen molar-refractivity contribution in [3.63, 3.8) is 0 Å². The molecule has 4 nitrogen and oxygen atoms in total. The van der Waals surface area contributed by atoms with Crippen LogP contribution in [0.5, 0.6) is 11.5 Å². The van der Waals surface area contributed by atoms with Crippen LogP contribution in [0.4, 0.5) is 0 Å². The maximum atomic E-state index is 13.2. The standard InChI is InChI=1S/C21H21NO3S/c1-24-18-9-5-8-16(13-18)21(23)22(15-19-10-6-12-26-19)14-17-7-3-4-11-20(17)25-2/h3-13H,14-15H2,1-2H3. The molecule has 0 spiro atoms. The van der Waals surface area contributed by atoms with E-state index in [0.717, 1.165) is 16.2 Å². The van der Waals surface area contributed by atoms with Crippen LogP contribution < -0.4 is 9.47 Å². The highest BCUT2D eigenvalue weighted by atomic mass is 32.1. The second-order valence-corrected chi connectivity index (χ2v) is 6.82. The second kappa shape index (κ2) is 8.54. The van der Waals surface area contributed by atoms with Gasteiger partial charge in [0.25, 0.3) is 5.91 Å². The van der Waals surface area contributed by atoms with Gasteiger partial charge in [-0.2, -0.15) is 0 Å². The number of para-hydroxylation sites is 1. The average Bonchev–Trinajstić information content (AvgIpc) is 3.20. The minimum Gasteiger partial charge on any atom is -0.497 e. The van der Waals surface area contributed by atoms with E-state index in [-0.39, 0.29) is 5.91 Å². The van der Waals surface area contributed by atoms with E-state index >= 15 is 0 Å². The molecule has 0 atom stereocenters. The molecule has 0 saturated carbocycles. The number of hydrogen-bond acceptors (Lipinski definition) is 4. The highest BCUT2D eigenvalue weighted by Crippen LogP contribution is 2.23. The molecule has 0 aliphatic rings. The van der Waals surface area contributed by atoms with E-state index in [1.807, 2.05) is 64.9 Å². The Kier molecular flexibility index (Phi) is 5.92. The summed E-state index contributed by atoms with van der Waals surface area (Å²) < 4.78 is 10.7. The Bertz CT molecular complexity index is 861. The molecule has 0 N–H and O–H groups in total. The van der Waals surface area contributed by atoms with E-state index in [9.17, 15) is 4.79 Å². The van der Waals surface area contributed by atoms with Gasteiger partial charge in [-0.1, -0.05) is 30.3 Å². The van der Waals surface area contributed by atoms with Crippen molar-refractivity contribution in [2.75, 3.05) is 14.2 Å². The van der Waals surface area contributed by atoms with Crippen molar-refractivity contribution >= 4 is 17.2 Å². The fourth-order valence-electron chi connectivity index (χ4n) is 2.77. The maximum absolute atomic E-state index is 13.2. The fraction of sp³-hybridized carbons (Fsp3) is 0.190. The van der Waals surface area contributed by atoms with Crippen LogP contribution in [0, 0.1) is 0 Å². The minimum absolute atomic E-state index is 0.0387. The monoisotopic (exact) mass is 367 g/mol. The summed E-state index contributed by atoms with van der Waals surface area (Å²) in [7, 11) is 3.24. The van der Waals surface area contributed by atoms with Gasteiger partial charge >= 0.3 is 0 Å². The van der Waals surface area contributed by atoms with Crippen molar-refractivity contribution in [3.8, 4) is 11.5 Å². The summed E-state index contributed by atoms with van der Waals surface area (Å²) in [6.07, 6.45) is 0. The van der Waals surface area contributed by atoms with Gasteiger partial charge < -0.3 is 14.4 Å². The number of carbonyl (C=O) groups excluding carboxylic acids is 1. The molecule has 0 unspecified atom stereocenters. The fourth-order valence-corrected chi connectivity index (χ4v) is 3.49. The molecular weight excluding hydrogens is 346 g/mol. The number of ether oxygens (including phenoxy) is 2. The number of nitrogens with zero attached hydrogens (tertiary/aromatic N) is 1. The number of methoxy groups -OCH3 is 2. The lowest BCUT2D eigenvalue weighted by Crippen LogP contribution is -2.30. The molecule has 0 fully saturated rings. The van der Waals surface area contributed by atoms with Gasteiger partial charge in [0.2, 0.25) is 0 Å². The zero-order chi connectivity index (χ0) is 18.4. The molecule has 0 radical (unpaired) electrons. The lowest BCUT2D eigenvalue weighted by Gasteiger charge is -2.23. The summed E-state index contributed by atoms with van der Waals surface area (Å²) in [5.41, 5.74) is 1.58. The summed E-state index contributed by atoms with van der Waals surface area (Å²) >= 11 is 1.64. The van der Waals surface area contributed by atoms with Crippen molar-refractivity contribution in [2.24, 2.45) is 0 Å². The maximum Gasteiger partial charge on any atom is 0.254 e. The summed E-state index contributed by atoms with van der Waals surface area (Å²) in [6, 6.07) is 19.1. The Morgan fingerprint density at radius 2 is 1.81 bits per heavy atom. The van der Waals surface area contributed by atoms with E-state index in [0.29, 0.717) is 24.4 Å². The molecule has 26 heavy (non-hydrogen) atoms. The summed E-state index contributed by atoms with van der Waals surface area (Å²) in [5.74, 6) is 1.41. The van der Waals surface area contributed by atoms with Gasteiger partial charge in [-0.05, 0) is 35.7 Å². The van der Waals surface area contributed by atoms with Gasteiger partial charge in [0.15, 0.2) is 0 Å². The molecule has 0 saturated heterocycles. The quantitative estimate of drug-likeness (QED) is 0.612. The Hall–Kier alpha value is -2.79. The first-order valence-electron chi connectivity index (χ1n) is 8.29. The molecule has 1 aromatic heterocycles. The second-order valence-electron chi connectivity index (χ2n) is 5.78. The molecule has 3 aromatic rings. The van der Waals surface area contributed by atoms with Gasteiger partial charge in [-0.25, -0.2) is 0 Å². The molecule has 0 bridgehead atoms. The summed E-state index contributed by atoms with van der Waals surface area (Å²) in [6.45, 7) is 1.02. The van der Waals surface area contributed by atoms with Gasteiger partial charge in [0, 0.05) is 16.0 Å². The third-order valence-electron chi connectivity index (χ3n) is 4.08. The van der Waals surface area contributed by atoms with Crippen LogP contribution >= 0.6 is 11.3 Å². The summed E-state index contributed by atoms with van der Waals surface area (Å²) in [4.78, 5) is 16.1. The third-order valence-corrected chi connectivity index (χ3v) is 4.95. The van der Waals surface area contributed by atoms with E-state index in [2.05, 4.69) is 0 Å². The van der Waals surface area contributed by atoms with Crippen LogP contribution in [-0.4, -0.2) is 25.0 Å². The highest BCUT2D eigenvalue weighted by molar-refractivity contribution is 7.09. The molecule has 1 amide bonds. The van der Waals surface area contributed by atoms with Crippen LogP contribution in [-0.2, 0) is 13.1 Å². The first-order valence-corrected chi connectivity index (χ1v) is 9.17. The molecule has 0 aliphatic carbocycles. The van der Waals surface area contributed by atoms with Crippen LogP contribution in [0.3, 0.4) is 0 Å². The highest BCUT2D eigenvalue weighted by Gasteiger charge is 2.19. The first kappa shape index (κ1) is 18.0. The van der Waals surface area contributed by atoms with Crippen LogP contribution in [0.25, 0.3) is 0 Å². The normalized spacial score (nSPS) is 10.4. The zero-order valence-electron chi connectivity index (χ0n) is 14.8. The third kappa shape index (κ3) is 4.24. The number of benzene rings is 2. The molecule has 0 aliphatic heterocycles. The zero-order valence-corrected chi connectivity index (χ0v) is 15.7. The average molecular weight is 367 g/mol. The van der Waals surface area contributed by atoms with E-state index in [1.165, 1.54) is 0 Å². The Balaban J connectivity index is 1.90. The van der Waals surface area contributed by atoms with E-state index in [1.54, 1.807) is 31.6 Å². The first-order chi connectivity index (χ1) is 12.7. The van der Waals surface area contributed by atoms with E-state index in [4.69, 9.17) is 9.47 Å². The Labute approximate surface area is 157 Å². The predicted molar refractivity (Wildman–Crippen MR) is 104 cm³/mol. The van der Waals surface area contributed by atoms with Gasteiger partial charge in [-0.3, -0.25) is 4.79 Å². The molecule has 5 heteroatoms. The molecule has 134 valence electrons. The van der Waals surface area contributed by atoms with Crippen molar-refractivity contribution in [1.82, 2.24) is 4.90 Å². The smallest absolute Gasteiger partial charge is 0.254 e. The van der Waals surface area contributed by atoms with Crippen LogP contribution in [0.15, 0.2) is 66.0 Å². The Morgan fingerprint density at radius 1 is 0.962 bits per heavy atom. The number of amides is 1. The molecular formula is C21H21NO3S. The number of hydrogen-bond donors (Lipinski definition) is 0. The Morgan fingerprint density at radius 3 is 2.54 bits per heavy atom. The van der Waals surface area contributed by atoms with Crippen molar-refractivity contribution in [3.05, 3.63) is 82.0 Å². The number of rotatable bonds is 7. The van der Waals surface area contributed by atoms with E-state index < -0.39 is 0 Å². The van der Waals surface area contributed by atoms with Gasteiger partial charge in [0.1, 0.15) is 11.5 Å². The van der Waals surface area contributed by atoms with Gasteiger partial charge in [0.05, 0.1) is 27.3 Å². The van der Waals surface area contributed by atoms with Crippen LogP contribution in [0.1, 0.15) is 20.8 Å². The molecule has 1 heterocycles. The lowest BCUT2D eigenvalue weighted by molar-refractivity contribution is 0.0730. The van der Waals surface area contributed by atoms with Crippen molar-refractivity contribution in [1.29, 1.82) is 0 Å². The molecule has 3 rings (SSSR count). The largest absolute Gasteiger partial charge is 0.497 e. The SMILES string of the molecule is COc1cccc(C(=O)N(Cc2cccs2)Cc2ccccc2OC)c1. The van der Waals surface area contributed by atoms with Crippen molar-refractivity contribution in [2.45, 2.75) is 13.1 Å². The topological polar surface area (TPSA) is 38.8 Å². The number of carbonyl (C=O) groups is 1. The lowest BCUT2D eigenvalue weighted by atomic mass is 10.1.